The lowest BCUT2D eigenvalue weighted by Gasteiger charge is -2.29. The largest absolute Gasteiger partial charge is 0.396 e. The van der Waals surface area contributed by atoms with Crippen molar-refractivity contribution < 1.29 is 5.11 Å². The number of nitrogens with one attached hydrogen (secondary N) is 1. The van der Waals surface area contributed by atoms with Crippen molar-refractivity contribution >= 4 is 17.3 Å². The van der Waals surface area contributed by atoms with Gasteiger partial charge in [-0.2, -0.15) is 0 Å². The summed E-state index contributed by atoms with van der Waals surface area (Å²) >= 11 is 6.27. The van der Waals surface area contributed by atoms with Crippen molar-refractivity contribution in [2.24, 2.45) is 0 Å². The quantitative estimate of drug-likeness (QED) is 0.800. The van der Waals surface area contributed by atoms with Crippen LogP contribution in [-0.2, 0) is 6.54 Å². The molecule has 0 unspecified atom stereocenters. The van der Waals surface area contributed by atoms with Gasteiger partial charge in [-0.15, -0.1) is 0 Å². The molecular formula is C14H23ClN2O. The first kappa shape index (κ1) is 15.3. The molecule has 0 amide bonds. The molecule has 0 bridgehead atoms. The molecule has 0 radical (unpaired) electrons. The molecule has 0 saturated heterocycles. The van der Waals surface area contributed by atoms with Gasteiger partial charge in [0.25, 0.3) is 0 Å². The Bertz CT molecular complexity index is 369. The zero-order valence-electron chi connectivity index (χ0n) is 11.4. The van der Waals surface area contributed by atoms with Crippen LogP contribution in [0.5, 0.6) is 0 Å². The number of hydrogen-bond donors (Lipinski definition) is 2. The van der Waals surface area contributed by atoms with Crippen LogP contribution in [0, 0.1) is 0 Å². The summed E-state index contributed by atoms with van der Waals surface area (Å²) in [6.45, 7) is 6.13. The molecule has 0 saturated carbocycles. The number of aliphatic hydroxyl groups is 1. The maximum absolute atomic E-state index is 8.95. The lowest BCUT2D eigenvalue weighted by Crippen LogP contribution is -2.32. The van der Waals surface area contributed by atoms with Gasteiger partial charge in [0.15, 0.2) is 0 Å². The second-order valence-corrected chi connectivity index (χ2v) is 5.08. The third kappa shape index (κ3) is 4.16. The summed E-state index contributed by atoms with van der Waals surface area (Å²) in [7, 11) is 1.91. The van der Waals surface area contributed by atoms with Crippen LogP contribution in [0.3, 0.4) is 0 Å². The van der Waals surface area contributed by atoms with Crippen molar-refractivity contribution in [2.75, 3.05) is 25.1 Å². The Kier molecular flexibility index (Phi) is 6.47. The van der Waals surface area contributed by atoms with Gasteiger partial charge >= 0.3 is 0 Å². The number of anilines is 1. The first-order chi connectivity index (χ1) is 8.60. The van der Waals surface area contributed by atoms with E-state index in [-0.39, 0.29) is 6.61 Å². The summed E-state index contributed by atoms with van der Waals surface area (Å²) in [4.78, 5) is 2.26. The molecule has 0 heterocycles. The minimum atomic E-state index is 0.217. The van der Waals surface area contributed by atoms with Gasteiger partial charge in [0.1, 0.15) is 0 Å². The van der Waals surface area contributed by atoms with E-state index in [1.54, 1.807) is 0 Å². The smallest absolute Gasteiger partial charge is 0.0471 e. The van der Waals surface area contributed by atoms with E-state index in [0.717, 1.165) is 35.8 Å². The van der Waals surface area contributed by atoms with Crippen LogP contribution in [0.25, 0.3) is 0 Å². The van der Waals surface area contributed by atoms with E-state index in [1.165, 1.54) is 0 Å². The molecule has 0 fully saturated rings. The van der Waals surface area contributed by atoms with E-state index in [2.05, 4.69) is 36.2 Å². The number of aliphatic hydroxyl groups excluding tert-OH is 1. The van der Waals surface area contributed by atoms with E-state index in [1.807, 2.05) is 13.1 Å². The van der Waals surface area contributed by atoms with Crippen molar-refractivity contribution in [2.45, 2.75) is 32.9 Å². The van der Waals surface area contributed by atoms with Gasteiger partial charge < -0.3 is 15.3 Å². The van der Waals surface area contributed by atoms with Gasteiger partial charge in [-0.05, 0) is 45.0 Å². The molecule has 0 aliphatic heterocycles. The van der Waals surface area contributed by atoms with E-state index in [4.69, 9.17) is 16.7 Å². The molecule has 2 N–H and O–H groups in total. The second-order valence-electron chi connectivity index (χ2n) is 4.67. The highest BCUT2D eigenvalue weighted by Crippen LogP contribution is 2.25. The number of hydrogen-bond acceptors (Lipinski definition) is 3. The van der Waals surface area contributed by atoms with Crippen LogP contribution in [0.4, 0.5) is 5.69 Å². The molecule has 0 aliphatic carbocycles. The van der Waals surface area contributed by atoms with Gasteiger partial charge in [0, 0.05) is 36.4 Å². The van der Waals surface area contributed by atoms with Crippen molar-refractivity contribution in [3.8, 4) is 0 Å². The fourth-order valence-electron chi connectivity index (χ4n) is 1.98. The van der Waals surface area contributed by atoms with Gasteiger partial charge in [-0.25, -0.2) is 0 Å². The Hall–Kier alpha value is -0.770. The van der Waals surface area contributed by atoms with E-state index >= 15 is 0 Å². The minimum absolute atomic E-state index is 0.217. The third-order valence-electron chi connectivity index (χ3n) is 2.92. The molecule has 4 heteroatoms. The molecule has 1 aromatic carbocycles. The van der Waals surface area contributed by atoms with Crippen LogP contribution < -0.4 is 10.2 Å². The lowest BCUT2D eigenvalue weighted by atomic mass is 10.1. The first-order valence-electron chi connectivity index (χ1n) is 6.40. The monoisotopic (exact) mass is 270 g/mol. The molecule has 18 heavy (non-hydrogen) atoms. The summed E-state index contributed by atoms with van der Waals surface area (Å²) in [5.41, 5.74) is 2.22. The number of halogens is 1. The summed E-state index contributed by atoms with van der Waals surface area (Å²) in [6, 6.07) is 6.55. The van der Waals surface area contributed by atoms with E-state index in [9.17, 15) is 0 Å². The summed E-state index contributed by atoms with van der Waals surface area (Å²) in [5, 5.41) is 12.8. The summed E-state index contributed by atoms with van der Waals surface area (Å²) < 4.78 is 0. The van der Waals surface area contributed by atoms with Crippen LogP contribution in [0.1, 0.15) is 25.8 Å². The normalized spacial score (nSPS) is 11.0. The molecule has 102 valence electrons. The van der Waals surface area contributed by atoms with Crippen LogP contribution in [-0.4, -0.2) is 31.3 Å². The highest BCUT2D eigenvalue weighted by molar-refractivity contribution is 6.31. The van der Waals surface area contributed by atoms with Gasteiger partial charge in [0.05, 0.1) is 0 Å². The van der Waals surface area contributed by atoms with Gasteiger partial charge in [-0.1, -0.05) is 17.7 Å². The topological polar surface area (TPSA) is 35.5 Å². The summed E-state index contributed by atoms with van der Waals surface area (Å²) in [5.74, 6) is 0. The SMILES string of the molecule is CNCc1ccc(N(CCCO)C(C)C)cc1Cl. The van der Waals surface area contributed by atoms with Crippen molar-refractivity contribution in [3.05, 3.63) is 28.8 Å². The predicted molar refractivity (Wildman–Crippen MR) is 78.4 cm³/mol. The molecule has 1 rings (SSSR count). The molecule has 0 atom stereocenters. The maximum atomic E-state index is 8.95. The number of nitrogens with zero attached hydrogens (tertiary/aromatic N) is 1. The van der Waals surface area contributed by atoms with Crippen molar-refractivity contribution in [3.63, 3.8) is 0 Å². The van der Waals surface area contributed by atoms with E-state index < -0.39 is 0 Å². The average molecular weight is 271 g/mol. The third-order valence-corrected chi connectivity index (χ3v) is 3.27. The fraction of sp³-hybridized carbons (Fsp3) is 0.571. The lowest BCUT2D eigenvalue weighted by molar-refractivity contribution is 0.288. The average Bonchev–Trinajstić information content (AvgIpc) is 2.32. The first-order valence-corrected chi connectivity index (χ1v) is 6.78. The molecular weight excluding hydrogens is 248 g/mol. The second kappa shape index (κ2) is 7.62. The highest BCUT2D eigenvalue weighted by atomic mass is 35.5. The Morgan fingerprint density at radius 1 is 1.39 bits per heavy atom. The van der Waals surface area contributed by atoms with E-state index in [0.29, 0.717) is 6.04 Å². The number of rotatable bonds is 7. The van der Waals surface area contributed by atoms with Gasteiger partial charge in [-0.3, -0.25) is 0 Å². The Labute approximate surface area is 115 Å². The van der Waals surface area contributed by atoms with Crippen LogP contribution in [0.15, 0.2) is 18.2 Å². The molecule has 0 spiro atoms. The summed E-state index contributed by atoms with van der Waals surface area (Å²) in [6.07, 6.45) is 0.772. The highest BCUT2D eigenvalue weighted by Gasteiger charge is 2.11. The Morgan fingerprint density at radius 2 is 2.11 bits per heavy atom. The number of benzene rings is 1. The standard InChI is InChI=1S/C14H23ClN2O/c1-11(2)17(7-4-8-18)13-6-5-12(10-16-3)14(15)9-13/h5-6,9,11,16,18H,4,7-8,10H2,1-3H3. The minimum Gasteiger partial charge on any atom is -0.396 e. The van der Waals surface area contributed by atoms with Crippen LogP contribution in [0.2, 0.25) is 5.02 Å². The van der Waals surface area contributed by atoms with Crippen molar-refractivity contribution in [1.82, 2.24) is 5.32 Å². The Balaban J connectivity index is 2.88. The molecule has 0 aromatic heterocycles. The fourth-order valence-corrected chi connectivity index (χ4v) is 2.22. The Morgan fingerprint density at radius 3 is 2.61 bits per heavy atom. The van der Waals surface area contributed by atoms with Crippen LogP contribution >= 0.6 is 11.6 Å². The molecule has 0 aliphatic rings. The maximum Gasteiger partial charge on any atom is 0.0471 e. The molecule has 3 nitrogen and oxygen atoms in total. The predicted octanol–water partition coefficient (Wildman–Crippen LogP) is 2.66. The van der Waals surface area contributed by atoms with Crippen molar-refractivity contribution in [1.29, 1.82) is 0 Å². The van der Waals surface area contributed by atoms with Gasteiger partial charge in [0.2, 0.25) is 0 Å². The zero-order chi connectivity index (χ0) is 13.5. The zero-order valence-corrected chi connectivity index (χ0v) is 12.2. The molecule has 1 aromatic rings.